The van der Waals surface area contributed by atoms with Crippen LogP contribution in [0.5, 0.6) is 5.75 Å². The monoisotopic (exact) mass is 350 g/mol. The van der Waals surface area contributed by atoms with Gasteiger partial charge >= 0.3 is 18.5 Å². The standard InChI is InChI=1S/C15H8F6O3/c16-14(17,18)11-6-5-8(7-10(11)13(22)23)9-3-1-2-4-12(9)24-15(19,20)21/h1-7H,(H,22,23). The van der Waals surface area contributed by atoms with E-state index in [1.165, 1.54) is 18.2 Å². The average molecular weight is 350 g/mol. The van der Waals surface area contributed by atoms with Gasteiger partial charge in [-0.2, -0.15) is 13.2 Å². The molecule has 0 amide bonds. The van der Waals surface area contributed by atoms with E-state index in [9.17, 15) is 31.1 Å². The Morgan fingerprint density at radius 3 is 2.12 bits per heavy atom. The zero-order valence-electron chi connectivity index (χ0n) is 11.6. The number of carboxylic acids is 1. The van der Waals surface area contributed by atoms with E-state index >= 15 is 0 Å². The minimum absolute atomic E-state index is 0.153. The van der Waals surface area contributed by atoms with Crippen LogP contribution in [0.4, 0.5) is 26.3 Å². The summed E-state index contributed by atoms with van der Waals surface area (Å²) < 4.78 is 79.4. The first-order valence-electron chi connectivity index (χ1n) is 6.29. The summed E-state index contributed by atoms with van der Waals surface area (Å²) in [6.45, 7) is 0. The third-order valence-corrected chi connectivity index (χ3v) is 2.98. The molecule has 0 fully saturated rings. The zero-order valence-corrected chi connectivity index (χ0v) is 11.6. The van der Waals surface area contributed by atoms with Crippen molar-refractivity contribution in [2.24, 2.45) is 0 Å². The van der Waals surface area contributed by atoms with Gasteiger partial charge in [0.2, 0.25) is 0 Å². The summed E-state index contributed by atoms with van der Waals surface area (Å²) in [5.74, 6) is -2.50. The molecule has 3 nitrogen and oxygen atoms in total. The van der Waals surface area contributed by atoms with Gasteiger partial charge in [-0.1, -0.05) is 24.3 Å². The van der Waals surface area contributed by atoms with Gasteiger partial charge in [0.05, 0.1) is 11.1 Å². The van der Waals surface area contributed by atoms with Crippen LogP contribution in [0.2, 0.25) is 0 Å². The Kier molecular flexibility index (Phi) is 4.46. The van der Waals surface area contributed by atoms with Gasteiger partial charge in [0.25, 0.3) is 0 Å². The molecular formula is C15H8F6O3. The Bertz CT molecular complexity index is 765. The highest BCUT2D eigenvalue weighted by molar-refractivity contribution is 5.92. The molecule has 0 unspecified atom stereocenters. The lowest BCUT2D eigenvalue weighted by atomic mass is 9.98. The Hall–Kier alpha value is -2.71. The maximum absolute atomic E-state index is 12.8. The molecule has 128 valence electrons. The number of halogens is 6. The molecule has 0 saturated carbocycles. The number of carbonyl (C=O) groups is 1. The van der Waals surface area contributed by atoms with Gasteiger partial charge in [-0.15, -0.1) is 13.2 Å². The first-order valence-corrected chi connectivity index (χ1v) is 6.29. The fourth-order valence-electron chi connectivity index (χ4n) is 2.05. The lowest BCUT2D eigenvalue weighted by Gasteiger charge is -2.15. The van der Waals surface area contributed by atoms with Crippen LogP contribution in [0.25, 0.3) is 11.1 Å². The van der Waals surface area contributed by atoms with E-state index in [0.29, 0.717) is 12.1 Å². The van der Waals surface area contributed by atoms with Crippen molar-refractivity contribution in [1.82, 2.24) is 0 Å². The molecule has 2 aromatic rings. The Morgan fingerprint density at radius 1 is 0.958 bits per heavy atom. The van der Waals surface area contributed by atoms with Crippen molar-refractivity contribution in [3.05, 3.63) is 53.6 Å². The van der Waals surface area contributed by atoms with E-state index in [1.807, 2.05) is 0 Å². The maximum atomic E-state index is 12.8. The molecule has 9 heteroatoms. The molecule has 0 aromatic heterocycles. The van der Waals surface area contributed by atoms with Crippen LogP contribution in [-0.2, 0) is 6.18 Å². The fourth-order valence-corrected chi connectivity index (χ4v) is 2.05. The summed E-state index contributed by atoms with van der Waals surface area (Å²) >= 11 is 0. The fraction of sp³-hybridized carbons (Fsp3) is 0.133. The van der Waals surface area contributed by atoms with E-state index in [1.54, 1.807) is 0 Å². The van der Waals surface area contributed by atoms with Crippen LogP contribution < -0.4 is 4.74 Å². The van der Waals surface area contributed by atoms with Crippen molar-refractivity contribution >= 4 is 5.97 Å². The minimum atomic E-state index is -5.00. The molecule has 1 N–H and O–H groups in total. The number of aromatic carboxylic acids is 1. The summed E-state index contributed by atoms with van der Waals surface area (Å²) in [5, 5.41) is 8.94. The van der Waals surface area contributed by atoms with E-state index in [0.717, 1.165) is 12.1 Å². The van der Waals surface area contributed by atoms with Crippen molar-refractivity contribution in [2.75, 3.05) is 0 Å². The van der Waals surface area contributed by atoms with Crippen LogP contribution >= 0.6 is 0 Å². The van der Waals surface area contributed by atoms with Crippen LogP contribution in [-0.4, -0.2) is 17.4 Å². The number of hydrogen-bond acceptors (Lipinski definition) is 2. The summed E-state index contributed by atoms with van der Waals surface area (Å²) in [6.07, 6.45) is -9.91. The Morgan fingerprint density at radius 2 is 1.58 bits per heavy atom. The third kappa shape index (κ3) is 3.98. The average Bonchev–Trinajstić information content (AvgIpc) is 2.44. The van der Waals surface area contributed by atoms with Crippen LogP contribution in [0.1, 0.15) is 15.9 Å². The zero-order chi connectivity index (χ0) is 18.1. The third-order valence-electron chi connectivity index (χ3n) is 2.98. The van der Waals surface area contributed by atoms with E-state index in [2.05, 4.69) is 4.74 Å². The molecule has 0 aliphatic heterocycles. The van der Waals surface area contributed by atoms with Crippen LogP contribution in [0, 0.1) is 0 Å². The topological polar surface area (TPSA) is 46.5 Å². The number of hydrogen-bond donors (Lipinski definition) is 1. The molecule has 0 radical (unpaired) electrons. The van der Waals surface area contributed by atoms with Gasteiger partial charge in [-0.3, -0.25) is 0 Å². The predicted octanol–water partition coefficient (Wildman–Crippen LogP) is 4.97. The molecule has 2 rings (SSSR count). The minimum Gasteiger partial charge on any atom is -0.478 e. The lowest BCUT2D eigenvalue weighted by Crippen LogP contribution is -2.17. The Labute approximate surface area is 131 Å². The highest BCUT2D eigenvalue weighted by atomic mass is 19.4. The second-order valence-corrected chi connectivity index (χ2v) is 4.61. The van der Waals surface area contributed by atoms with Gasteiger partial charge in [-0.25, -0.2) is 4.79 Å². The van der Waals surface area contributed by atoms with E-state index < -0.39 is 35.4 Å². The van der Waals surface area contributed by atoms with Crippen molar-refractivity contribution < 1.29 is 41.0 Å². The number of para-hydroxylation sites is 1. The highest BCUT2D eigenvalue weighted by Gasteiger charge is 2.36. The number of alkyl halides is 6. The molecule has 24 heavy (non-hydrogen) atoms. The number of ether oxygens (including phenoxy) is 1. The largest absolute Gasteiger partial charge is 0.573 e. The molecule has 0 saturated heterocycles. The van der Waals surface area contributed by atoms with Gasteiger partial charge in [0.1, 0.15) is 5.75 Å². The predicted molar refractivity (Wildman–Crippen MR) is 70.5 cm³/mol. The smallest absolute Gasteiger partial charge is 0.478 e. The maximum Gasteiger partial charge on any atom is 0.573 e. The quantitative estimate of drug-likeness (QED) is 0.795. The van der Waals surface area contributed by atoms with Gasteiger partial charge < -0.3 is 9.84 Å². The van der Waals surface area contributed by atoms with Gasteiger partial charge in [-0.05, 0) is 23.8 Å². The lowest BCUT2D eigenvalue weighted by molar-refractivity contribution is -0.274. The number of rotatable bonds is 3. The molecule has 0 aliphatic rings. The molecule has 0 aliphatic carbocycles. The normalized spacial score (nSPS) is 12.1. The van der Waals surface area contributed by atoms with Gasteiger partial charge in [0, 0.05) is 5.56 Å². The second-order valence-electron chi connectivity index (χ2n) is 4.61. The SMILES string of the molecule is O=C(O)c1cc(-c2ccccc2OC(F)(F)F)ccc1C(F)(F)F. The van der Waals surface area contributed by atoms with Crippen LogP contribution in [0.3, 0.4) is 0 Å². The second kappa shape index (κ2) is 6.06. The van der Waals surface area contributed by atoms with Gasteiger partial charge in [0.15, 0.2) is 0 Å². The van der Waals surface area contributed by atoms with E-state index in [4.69, 9.17) is 5.11 Å². The molecule has 2 aromatic carbocycles. The summed E-state index contributed by atoms with van der Waals surface area (Å²) in [4.78, 5) is 11.1. The van der Waals surface area contributed by atoms with Crippen molar-refractivity contribution in [3.8, 4) is 16.9 Å². The van der Waals surface area contributed by atoms with Crippen molar-refractivity contribution in [2.45, 2.75) is 12.5 Å². The summed E-state index contributed by atoms with van der Waals surface area (Å²) in [6, 6.07) is 6.78. The van der Waals surface area contributed by atoms with Crippen molar-refractivity contribution in [1.29, 1.82) is 0 Å². The summed E-state index contributed by atoms with van der Waals surface area (Å²) in [5.41, 5.74) is -2.80. The first kappa shape index (κ1) is 17.6. The molecular weight excluding hydrogens is 342 g/mol. The van der Waals surface area contributed by atoms with E-state index in [-0.39, 0.29) is 11.1 Å². The molecule has 0 atom stereocenters. The van der Waals surface area contributed by atoms with Crippen molar-refractivity contribution in [3.63, 3.8) is 0 Å². The highest BCUT2D eigenvalue weighted by Crippen LogP contribution is 2.38. The number of benzene rings is 2. The Balaban J connectivity index is 2.59. The first-order chi connectivity index (χ1) is 11.0. The molecule has 0 heterocycles. The molecule has 0 bridgehead atoms. The summed E-state index contributed by atoms with van der Waals surface area (Å²) in [7, 11) is 0. The molecule has 0 spiro atoms. The van der Waals surface area contributed by atoms with Crippen LogP contribution in [0.15, 0.2) is 42.5 Å². The number of carboxylic acid groups (broad SMARTS) is 1.